The molecule has 0 saturated carbocycles. The Bertz CT molecular complexity index is 652. The highest BCUT2D eigenvalue weighted by Crippen LogP contribution is 2.22. The van der Waals surface area contributed by atoms with E-state index in [9.17, 15) is 8.42 Å². The van der Waals surface area contributed by atoms with Gasteiger partial charge in [0.25, 0.3) is 10.0 Å². The molecule has 0 bridgehead atoms. The molecular weight excluding hydrogens is 276 g/mol. The number of benzene rings is 1. The number of aryl methyl sites for hydroxylation is 1. The number of imidazole rings is 1. The van der Waals surface area contributed by atoms with Gasteiger partial charge in [-0.1, -0.05) is 18.2 Å². The summed E-state index contributed by atoms with van der Waals surface area (Å²) in [6.07, 6.45) is 1.92. The number of nitrogens with one attached hydrogen (secondary N) is 1. The number of aromatic nitrogens is 2. The second kappa shape index (κ2) is 6.06. The first kappa shape index (κ1) is 14.5. The molecule has 0 aliphatic heterocycles. The van der Waals surface area contributed by atoms with Crippen molar-refractivity contribution in [2.45, 2.75) is 18.4 Å². The molecule has 2 aromatic rings. The second-order valence-corrected chi connectivity index (χ2v) is 6.22. The first-order valence-corrected chi connectivity index (χ1v) is 7.79. The molecule has 0 aliphatic rings. The van der Waals surface area contributed by atoms with Gasteiger partial charge in [-0.3, -0.25) is 4.31 Å². The topological polar surface area (TPSA) is 92.1 Å². The summed E-state index contributed by atoms with van der Waals surface area (Å²) in [4.78, 5) is 6.72. The average molecular weight is 294 g/mol. The van der Waals surface area contributed by atoms with E-state index in [1.54, 1.807) is 31.2 Å². The van der Waals surface area contributed by atoms with Crippen LogP contribution in [0, 0.1) is 6.92 Å². The van der Waals surface area contributed by atoms with Crippen molar-refractivity contribution in [3.63, 3.8) is 0 Å². The van der Waals surface area contributed by atoms with E-state index in [0.29, 0.717) is 31.0 Å². The van der Waals surface area contributed by atoms with E-state index in [2.05, 4.69) is 9.97 Å². The highest BCUT2D eigenvalue weighted by atomic mass is 32.2. The molecule has 0 fully saturated rings. The van der Waals surface area contributed by atoms with Crippen molar-refractivity contribution in [3.8, 4) is 0 Å². The van der Waals surface area contributed by atoms with Crippen LogP contribution in [0.4, 0.5) is 5.69 Å². The van der Waals surface area contributed by atoms with Crippen molar-refractivity contribution in [1.82, 2.24) is 9.97 Å². The van der Waals surface area contributed by atoms with Gasteiger partial charge in [-0.05, 0) is 32.0 Å². The number of para-hydroxylation sites is 1. The molecule has 0 unspecified atom stereocenters. The van der Waals surface area contributed by atoms with Crippen molar-refractivity contribution >= 4 is 15.7 Å². The molecule has 0 atom stereocenters. The zero-order valence-electron chi connectivity index (χ0n) is 11.3. The summed E-state index contributed by atoms with van der Waals surface area (Å²) in [5.41, 5.74) is 6.12. The fraction of sp³-hybridized carbons (Fsp3) is 0.308. The maximum atomic E-state index is 12.7. The lowest BCUT2D eigenvalue weighted by Crippen LogP contribution is -2.33. The minimum Gasteiger partial charge on any atom is -0.332 e. The molecule has 108 valence electrons. The Morgan fingerprint density at radius 2 is 2.00 bits per heavy atom. The SMILES string of the molecule is Cc1ncc(S(=O)(=O)N(CCCN)c2ccccc2)[nH]1. The van der Waals surface area contributed by atoms with E-state index >= 15 is 0 Å². The molecule has 2 rings (SSSR count). The Kier molecular flexibility index (Phi) is 4.41. The number of H-pyrrole nitrogens is 1. The molecule has 6 nitrogen and oxygen atoms in total. The van der Waals surface area contributed by atoms with Crippen LogP contribution < -0.4 is 10.0 Å². The van der Waals surface area contributed by atoms with Gasteiger partial charge in [0.2, 0.25) is 0 Å². The number of nitrogens with zero attached hydrogens (tertiary/aromatic N) is 2. The van der Waals surface area contributed by atoms with Crippen molar-refractivity contribution in [2.24, 2.45) is 5.73 Å². The highest BCUT2D eigenvalue weighted by Gasteiger charge is 2.26. The predicted molar refractivity (Wildman–Crippen MR) is 78.0 cm³/mol. The number of nitrogens with two attached hydrogens (primary N) is 1. The predicted octanol–water partition coefficient (Wildman–Crippen LogP) is 1.26. The van der Waals surface area contributed by atoms with Crippen molar-refractivity contribution in [1.29, 1.82) is 0 Å². The van der Waals surface area contributed by atoms with Crippen LogP contribution in [0.5, 0.6) is 0 Å². The fourth-order valence-corrected chi connectivity index (χ4v) is 3.33. The summed E-state index contributed by atoms with van der Waals surface area (Å²) < 4.78 is 26.7. The number of hydrogen-bond acceptors (Lipinski definition) is 4. The molecular formula is C13H18N4O2S. The Morgan fingerprint density at radius 1 is 1.30 bits per heavy atom. The molecule has 7 heteroatoms. The molecule has 3 N–H and O–H groups in total. The zero-order chi connectivity index (χ0) is 14.6. The van der Waals surface area contributed by atoms with E-state index in [1.165, 1.54) is 10.5 Å². The third-order valence-corrected chi connectivity index (χ3v) is 4.59. The number of anilines is 1. The Hall–Kier alpha value is -1.86. The highest BCUT2D eigenvalue weighted by molar-refractivity contribution is 7.92. The van der Waals surface area contributed by atoms with Crippen molar-refractivity contribution < 1.29 is 8.42 Å². The van der Waals surface area contributed by atoms with Crippen LogP contribution >= 0.6 is 0 Å². The van der Waals surface area contributed by atoms with Gasteiger partial charge in [-0.15, -0.1) is 0 Å². The fourth-order valence-electron chi connectivity index (χ4n) is 1.87. The van der Waals surface area contributed by atoms with E-state index in [0.717, 1.165) is 0 Å². The van der Waals surface area contributed by atoms with Gasteiger partial charge in [0, 0.05) is 6.54 Å². The van der Waals surface area contributed by atoms with Crippen LogP contribution in [0.25, 0.3) is 0 Å². The van der Waals surface area contributed by atoms with Crippen LogP contribution in [0.3, 0.4) is 0 Å². The smallest absolute Gasteiger partial charge is 0.281 e. The van der Waals surface area contributed by atoms with E-state index in [1.807, 2.05) is 6.07 Å². The normalized spacial score (nSPS) is 11.5. The minimum absolute atomic E-state index is 0.0934. The Balaban J connectivity index is 2.40. The van der Waals surface area contributed by atoms with Crippen LogP contribution in [0.15, 0.2) is 41.6 Å². The van der Waals surface area contributed by atoms with Gasteiger partial charge in [-0.2, -0.15) is 8.42 Å². The molecule has 1 aromatic carbocycles. The number of hydrogen-bond donors (Lipinski definition) is 2. The summed E-state index contributed by atoms with van der Waals surface area (Å²) in [7, 11) is -3.65. The van der Waals surface area contributed by atoms with E-state index < -0.39 is 10.0 Å². The first-order chi connectivity index (χ1) is 9.55. The molecule has 1 heterocycles. The van der Waals surface area contributed by atoms with Crippen LogP contribution in [-0.4, -0.2) is 31.5 Å². The molecule has 0 spiro atoms. The van der Waals surface area contributed by atoms with E-state index in [-0.39, 0.29) is 5.03 Å². The largest absolute Gasteiger partial charge is 0.332 e. The summed E-state index contributed by atoms with van der Waals surface area (Å²) in [5, 5.41) is 0.0934. The summed E-state index contributed by atoms with van der Waals surface area (Å²) in [6.45, 7) is 2.48. The van der Waals surface area contributed by atoms with E-state index in [4.69, 9.17) is 5.73 Å². The Morgan fingerprint density at radius 3 is 2.55 bits per heavy atom. The maximum Gasteiger partial charge on any atom is 0.281 e. The van der Waals surface area contributed by atoms with Crippen LogP contribution in [-0.2, 0) is 10.0 Å². The molecule has 0 radical (unpaired) electrons. The lowest BCUT2D eigenvalue weighted by Gasteiger charge is -2.23. The molecule has 1 aromatic heterocycles. The van der Waals surface area contributed by atoms with Gasteiger partial charge >= 0.3 is 0 Å². The number of sulfonamides is 1. The molecule has 0 aliphatic carbocycles. The standard InChI is InChI=1S/C13H18N4O2S/c1-11-15-10-13(16-11)20(18,19)17(9-5-8-14)12-6-3-2-4-7-12/h2-4,6-7,10H,5,8-9,14H2,1H3,(H,15,16). The third kappa shape index (κ3) is 3.00. The van der Waals surface area contributed by atoms with Gasteiger partial charge in [0.15, 0.2) is 5.03 Å². The van der Waals surface area contributed by atoms with Crippen LogP contribution in [0.2, 0.25) is 0 Å². The number of rotatable bonds is 6. The maximum absolute atomic E-state index is 12.7. The number of aromatic amines is 1. The molecule has 0 amide bonds. The summed E-state index contributed by atoms with van der Waals surface area (Å²) in [6, 6.07) is 8.98. The molecule has 20 heavy (non-hydrogen) atoms. The first-order valence-electron chi connectivity index (χ1n) is 6.35. The van der Waals surface area contributed by atoms with Crippen molar-refractivity contribution in [2.75, 3.05) is 17.4 Å². The van der Waals surface area contributed by atoms with Gasteiger partial charge in [-0.25, -0.2) is 4.98 Å². The average Bonchev–Trinajstić information content (AvgIpc) is 2.88. The lowest BCUT2D eigenvalue weighted by molar-refractivity contribution is 0.586. The van der Waals surface area contributed by atoms with Crippen LogP contribution in [0.1, 0.15) is 12.2 Å². The molecule has 0 saturated heterocycles. The quantitative estimate of drug-likeness (QED) is 0.839. The van der Waals surface area contributed by atoms with Crippen molar-refractivity contribution in [3.05, 3.63) is 42.4 Å². The lowest BCUT2D eigenvalue weighted by atomic mass is 10.3. The van der Waals surface area contributed by atoms with Gasteiger partial charge in [0.05, 0.1) is 11.9 Å². The monoisotopic (exact) mass is 294 g/mol. The third-order valence-electron chi connectivity index (χ3n) is 2.86. The summed E-state index contributed by atoms with van der Waals surface area (Å²) >= 11 is 0. The zero-order valence-corrected chi connectivity index (χ0v) is 12.1. The van der Waals surface area contributed by atoms with Gasteiger partial charge in [0.1, 0.15) is 5.82 Å². The second-order valence-electron chi connectivity index (χ2n) is 4.39. The minimum atomic E-state index is -3.65. The Labute approximate surface area is 118 Å². The van der Waals surface area contributed by atoms with Gasteiger partial charge < -0.3 is 10.7 Å². The summed E-state index contributed by atoms with van der Waals surface area (Å²) in [5.74, 6) is 0.565.